The van der Waals surface area contributed by atoms with Crippen molar-refractivity contribution in [3.05, 3.63) is 40.9 Å². The quantitative estimate of drug-likeness (QED) is 0.869. The molecule has 1 atom stereocenters. The van der Waals surface area contributed by atoms with E-state index in [0.717, 1.165) is 24.8 Å². The molecule has 0 radical (unpaired) electrons. The Hall–Kier alpha value is -1.81. The van der Waals surface area contributed by atoms with Gasteiger partial charge in [-0.2, -0.15) is 0 Å². The van der Waals surface area contributed by atoms with Gasteiger partial charge < -0.3 is 10.6 Å². The van der Waals surface area contributed by atoms with E-state index in [4.69, 9.17) is 17.3 Å². The Morgan fingerprint density at radius 3 is 2.67 bits per heavy atom. The van der Waals surface area contributed by atoms with Gasteiger partial charge in [-0.1, -0.05) is 23.7 Å². The third-order valence-electron chi connectivity index (χ3n) is 3.64. The summed E-state index contributed by atoms with van der Waals surface area (Å²) >= 11 is 5.82. The lowest BCUT2D eigenvalue weighted by atomic mass is 9.99. The van der Waals surface area contributed by atoms with Crippen molar-refractivity contribution in [2.75, 3.05) is 6.54 Å². The molecule has 2 rings (SSSR count). The Balaban J connectivity index is 2.03. The van der Waals surface area contributed by atoms with E-state index in [0.29, 0.717) is 11.6 Å². The van der Waals surface area contributed by atoms with Crippen molar-refractivity contribution in [2.24, 2.45) is 5.73 Å². The van der Waals surface area contributed by atoms with E-state index in [1.54, 1.807) is 29.2 Å². The molecule has 4 nitrogen and oxygen atoms in total. The van der Waals surface area contributed by atoms with Crippen LogP contribution in [0.2, 0.25) is 5.02 Å². The van der Waals surface area contributed by atoms with Crippen LogP contribution in [-0.4, -0.2) is 29.3 Å². The first-order valence-electron chi connectivity index (χ1n) is 7.09. The lowest BCUT2D eigenvalue weighted by Gasteiger charge is -2.34. The molecule has 0 aromatic heterocycles. The van der Waals surface area contributed by atoms with Crippen LogP contribution >= 0.6 is 11.6 Å². The van der Waals surface area contributed by atoms with E-state index in [9.17, 15) is 9.59 Å². The zero-order valence-electron chi connectivity index (χ0n) is 11.8. The molecule has 0 saturated carbocycles. The number of nitrogens with zero attached hydrogens (tertiary/aromatic N) is 1. The van der Waals surface area contributed by atoms with Crippen molar-refractivity contribution in [1.82, 2.24) is 4.90 Å². The Morgan fingerprint density at radius 2 is 2.00 bits per heavy atom. The number of benzene rings is 1. The Bertz CT molecular complexity index is 540. The maximum absolute atomic E-state index is 12.3. The van der Waals surface area contributed by atoms with Crippen molar-refractivity contribution in [3.8, 4) is 0 Å². The first-order chi connectivity index (χ1) is 10.1. The van der Waals surface area contributed by atoms with Gasteiger partial charge in [0.2, 0.25) is 11.8 Å². The number of piperidine rings is 1. The van der Waals surface area contributed by atoms with E-state index in [-0.39, 0.29) is 24.3 Å². The average Bonchev–Trinajstić information content (AvgIpc) is 2.46. The van der Waals surface area contributed by atoms with Crippen LogP contribution in [0.4, 0.5) is 0 Å². The predicted molar refractivity (Wildman–Crippen MR) is 83.6 cm³/mol. The molecule has 1 aromatic carbocycles. The minimum absolute atomic E-state index is 0.0707. The Morgan fingerprint density at radius 1 is 1.29 bits per heavy atom. The maximum atomic E-state index is 12.3. The molecule has 1 fully saturated rings. The average molecular weight is 307 g/mol. The van der Waals surface area contributed by atoms with E-state index in [1.807, 2.05) is 12.1 Å². The molecule has 112 valence electrons. The van der Waals surface area contributed by atoms with Crippen LogP contribution in [0.1, 0.15) is 31.2 Å². The fraction of sp³-hybridized carbons (Fsp3) is 0.375. The SMILES string of the molecule is NC(=O)C[C@@H]1CCCCN1C(=O)/C=C\c1ccc(Cl)cc1. The van der Waals surface area contributed by atoms with Crippen LogP contribution in [0.3, 0.4) is 0 Å². The molecule has 0 spiro atoms. The van der Waals surface area contributed by atoms with Gasteiger partial charge in [0, 0.05) is 30.1 Å². The standard InChI is InChI=1S/C16H19ClN2O2/c17-13-7-4-12(5-8-13)6-9-16(21)19-10-2-1-3-14(19)11-15(18)20/h4-9,14H,1-3,10-11H2,(H2,18,20)/b9-6-/t14-/m0/s1. The molecular formula is C16H19ClN2O2. The van der Waals surface area contributed by atoms with E-state index >= 15 is 0 Å². The molecule has 1 aromatic rings. The van der Waals surface area contributed by atoms with Gasteiger partial charge in [-0.05, 0) is 43.0 Å². The summed E-state index contributed by atoms with van der Waals surface area (Å²) in [7, 11) is 0. The number of nitrogens with two attached hydrogens (primary N) is 1. The highest BCUT2D eigenvalue weighted by molar-refractivity contribution is 6.30. The van der Waals surface area contributed by atoms with Gasteiger partial charge in [0.15, 0.2) is 0 Å². The van der Waals surface area contributed by atoms with Crippen LogP contribution in [0.15, 0.2) is 30.3 Å². The molecular weight excluding hydrogens is 288 g/mol. The van der Waals surface area contributed by atoms with Gasteiger partial charge in [-0.3, -0.25) is 9.59 Å². The molecule has 2 amide bonds. The highest BCUT2D eigenvalue weighted by atomic mass is 35.5. The highest BCUT2D eigenvalue weighted by Crippen LogP contribution is 2.20. The topological polar surface area (TPSA) is 63.4 Å². The Labute approximate surface area is 129 Å². The summed E-state index contributed by atoms with van der Waals surface area (Å²) in [5, 5.41) is 0.663. The number of hydrogen-bond donors (Lipinski definition) is 1. The summed E-state index contributed by atoms with van der Waals surface area (Å²) in [6.45, 7) is 0.682. The second-order valence-electron chi connectivity index (χ2n) is 5.24. The van der Waals surface area contributed by atoms with Crippen molar-refractivity contribution < 1.29 is 9.59 Å². The second-order valence-corrected chi connectivity index (χ2v) is 5.67. The van der Waals surface area contributed by atoms with Crippen LogP contribution < -0.4 is 5.73 Å². The molecule has 1 heterocycles. The van der Waals surface area contributed by atoms with Crippen molar-refractivity contribution in [2.45, 2.75) is 31.7 Å². The van der Waals surface area contributed by atoms with Gasteiger partial charge in [-0.15, -0.1) is 0 Å². The van der Waals surface area contributed by atoms with Crippen LogP contribution in [0.25, 0.3) is 6.08 Å². The normalized spacial score (nSPS) is 18.9. The zero-order valence-corrected chi connectivity index (χ0v) is 12.6. The monoisotopic (exact) mass is 306 g/mol. The van der Waals surface area contributed by atoms with Crippen LogP contribution in [-0.2, 0) is 9.59 Å². The number of carbonyl (C=O) groups is 2. The molecule has 0 unspecified atom stereocenters. The van der Waals surface area contributed by atoms with E-state index < -0.39 is 0 Å². The number of likely N-dealkylation sites (tertiary alicyclic amines) is 1. The third kappa shape index (κ3) is 4.60. The molecule has 1 aliphatic heterocycles. The van der Waals surface area contributed by atoms with E-state index in [1.165, 1.54) is 0 Å². The lowest BCUT2D eigenvalue weighted by Crippen LogP contribution is -2.44. The van der Waals surface area contributed by atoms with E-state index in [2.05, 4.69) is 0 Å². The molecule has 2 N–H and O–H groups in total. The summed E-state index contributed by atoms with van der Waals surface area (Å²) in [5.41, 5.74) is 6.17. The fourth-order valence-electron chi connectivity index (χ4n) is 2.57. The number of primary amides is 1. The molecule has 0 aliphatic carbocycles. The summed E-state index contributed by atoms with van der Waals surface area (Å²) < 4.78 is 0. The minimum Gasteiger partial charge on any atom is -0.370 e. The number of hydrogen-bond acceptors (Lipinski definition) is 2. The third-order valence-corrected chi connectivity index (χ3v) is 3.89. The summed E-state index contributed by atoms with van der Waals surface area (Å²) in [6.07, 6.45) is 6.37. The number of rotatable bonds is 4. The number of amides is 2. The van der Waals surface area contributed by atoms with Crippen molar-refractivity contribution in [3.63, 3.8) is 0 Å². The van der Waals surface area contributed by atoms with Gasteiger partial charge in [0.25, 0.3) is 0 Å². The van der Waals surface area contributed by atoms with Gasteiger partial charge >= 0.3 is 0 Å². The predicted octanol–water partition coefficient (Wildman–Crippen LogP) is 2.61. The number of halogens is 1. The molecule has 1 aliphatic rings. The van der Waals surface area contributed by atoms with Gasteiger partial charge in [0.05, 0.1) is 0 Å². The fourth-order valence-corrected chi connectivity index (χ4v) is 2.70. The lowest BCUT2D eigenvalue weighted by molar-refractivity contribution is -0.130. The molecule has 21 heavy (non-hydrogen) atoms. The van der Waals surface area contributed by atoms with Crippen LogP contribution in [0, 0.1) is 0 Å². The van der Waals surface area contributed by atoms with Crippen molar-refractivity contribution >= 4 is 29.5 Å². The Kier molecular flexibility index (Phi) is 5.39. The largest absolute Gasteiger partial charge is 0.370 e. The molecule has 5 heteroatoms. The molecule has 1 saturated heterocycles. The van der Waals surface area contributed by atoms with Crippen LogP contribution in [0.5, 0.6) is 0 Å². The summed E-state index contributed by atoms with van der Waals surface area (Å²) in [4.78, 5) is 25.1. The summed E-state index contributed by atoms with van der Waals surface area (Å²) in [5.74, 6) is -0.433. The molecule has 0 bridgehead atoms. The number of carbonyl (C=O) groups excluding carboxylic acids is 2. The first-order valence-corrected chi connectivity index (χ1v) is 7.46. The zero-order chi connectivity index (χ0) is 15.2. The first kappa shape index (κ1) is 15.6. The minimum atomic E-state index is -0.360. The highest BCUT2D eigenvalue weighted by Gasteiger charge is 2.26. The van der Waals surface area contributed by atoms with Gasteiger partial charge in [0.1, 0.15) is 0 Å². The van der Waals surface area contributed by atoms with Gasteiger partial charge in [-0.25, -0.2) is 0 Å². The van der Waals surface area contributed by atoms with Crippen molar-refractivity contribution in [1.29, 1.82) is 0 Å². The maximum Gasteiger partial charge on any atom is 0.246 e. The summed E-state index contributed by atoms with van der Waals surface area (Å²) in [6, 6.07) is 7.19. The second kappa shape index (κ2) is 7.27. The smallest absolute Gasteiger partial charge is 0.246 e.